The van der Waals surface area contributed by atoms with E-state index in [1.165, 1.54) is 12.5 Å². The number of hydrogen-bond donors (Lipinski definition) is 0. The second kappa shape index (κ2) is 8.76. The molecule has 0 aromatic heterocycles. The van der Waals surface area contributed by atoms with Crippen molar-refractivity contribution in [3.63, 3.8) is 0 Å². The third-order valence-electron chi connectivity index (χ3n) is 9.65. The molecule has 4 aliphatic rings. The molecular weight excluding hydrogens is 432 g/mol. The summed E-state index contributed by atoms with van der Waals surface area (Å²) in [7, 11) is 0. The summed E-state index contributed by atoms with van der Waals surface area (Å²) in [6.45, 7) is 11.3. The standard InChI is InChI=1S/C28H38O6/c1-7-24(32)34-26(16(3)33-17(4)29)21-14-23(31)27(5)11-10-22-20(25(21)27)9-8-18-13-19(30)12-15(2)28(18,22)6/h12-13,16,20-22,25-26H,7-11,14H2,1-6H3/t16?,20-,21-,22+,25-,26?,27-,28+/m1/s1. The van der Waals surface area contributed by atoms with E-state index >= 15 is 0 Å². The molecule has 6 heteroatoms. The second-order valence-electron chi connectivity index (χ2n) is 11.3. The highest BCUT2D eigenvalue weighted by Gasteiger charge is 2.64. The van der Waals surface area contributed by atoms with Gasteiger partial charge in [0.25, 0.3) is 0 Å². The first-order valence-electron chi connectivity index (χ1n) is 12.8. The second-order valence-corrected chi connectivity index (χ2v) is 11.3. The van der Waals surface area contributed by atoms with Crippen LogP contribution in [-0.2, 0) is 28.7 Å². The number of allylic oxidation sites excluding steroid dienone is 4. The van der Waals surface area contributed by atoms with Crippen LogP contribution in [0.1, 0.15) is 80.1 Å². The van der Waals surface area contributed by atoms with Crippen LogP contribution < -0.4 is 0 Å². The van der Waals surface area contributed by atoms with E-state index in [1.54, 1.807) is 19.9 Å². The molecule has 0 radical (unpaired) electrons. The van der Waals surface area contributed by atoms with Crippen molar-refractivity contribution in [3.8, 4) is 0 Å². The number of ketones is 2. The van der Waals surface area contributed by atoms with Crippen LogP contribution in [0.5, 0.6) is 0 Å². The van der Waals surface area contributed by atoms with Crippen molar-refractivity contribution in [2.24, 2.45) is 34.5 Å². The Morgan fingerprint density at radius 3 is 2.50 bits per heavy atom. The minimum Gasteiger partial charge on any atom is -0.459 e. The van der Waals surface area contributed by atoms with E-state index in [2.05, 4.69) is 20.8 Å². The van der Waals surface area contributed by atoms with Gasteiger partial charge in [0.15, 0.2) is 5.78 Å². The maximum Gasteiger partial charge on any atom is 0.305 e. The molecule has 0 aliphatic heterocycles. The highest BCUT2D eigenvalue weighted by atomic mass is 16.6. The fourth-order valence-corrected chi connectivity index (χ4v) is 7.93. The molecule has 8 atom stereocenters. The van der Waals surface area contributed by atoms with Crippen LogP contribution in [0.15, 0.2) is 23.3 Å². The molecule has 0 saturated heterocycles. The van der Waals surface area contributed by atoms with Gasteiger partial charge in [0.1, 0.15) is 18.0 Å². The summed E-state index contributed by atoms with van der Waals surface area (Å²) in [5, 5.41) is 0. The molecule has 3 saturated carbocycles. The highest BCUT2D eigenvalue weighted by molar-refractivity contribution is 6.02. The number of carbonyl (C=O) groups is 4. The topological polar surface area (TPSA) is 86.7 Å². The summed E-state index contributed by atoms with van der Waals surface area (Å²) >= 11 is 0. The fourth-order valence-electron chi connectivity index (χ4n) is 7.93. The van der Waals surface area contributed by atoms with Crippen LogP contribution in [0, 0.1) is 34.5 Å². The van der Waals surface area contributed by atoms with Gasteiger partial charge in [-0.3, -0.25) is 19.2 Å². The maximum absolute atomic E-state index is 13.5. The SMILES string of the molecule is CCC(=O)OC(C(C)OC(C)=O)[C@@H]1CC(=O)[C@@]2(C)CC[C@H]3[C@@H](CCC4=CC(=O)C=C(C)[C@@]43C)[C@H]12. The van der Waals surface area contributed by atoms with Gasteiger partial charge in [-0.05, 0) is 69.4 Å². The number of Topliss-reactive ketones (excluding diaryl/α,β-unsaturated/α-hetero) is 1. The Bertz CT molecular complexity index is 975. The quantitative estimate of drug-likeness (QED) is 0.539. The molecule has 3 fully saturated rings. The first kappa shape index (κ1) is 24.9. The van der Waals surface area contributed by atoms with Crippen LogP contribution in [0.2, 0.25) is 0 Å². The minimum atomic E-state index is -0.653. The average Bonchev–Trinajstić information content (AvgIpc) is 3.03. The third-order valence-corrected chi connectivity index (χ3v) is 9.65. The lowest BCUT2D eigenvalue weighted by Crippen LogP contribution is -2.54. The minimum absolute atomic E-state index is 0.0372. The highest BCUT2D eigenvalue weighted by Crippen LogP contribution is 2.66. The molecule has 4 rings (SSSR count). The van der Waals surface area contributed by atoms with E-state index in [0.717, 1.165) is 31.3 Å². The molecular formula is C28H38O6. The predicted octanol–water partition coefficient (Wildman–Crippen LogP) is 4.75. The van der Waals surface area contributed by atoms with E-state index in [4.69, 9.17) is 9.47 Å². The Kier molecular flexibility index (Phi) is 6.41. The molecule has 2 unspecified atom stereocenters. The number of ether oxygens (including phenoxy) is 2. The molecule has 0 aromatic carbocycles. The Labute approximate surface area is 202 Å². The number of carbonyl (C=O) groups excluding carboxylic acids is 4. The van der Waals surface area contributed by atoms with Gasteiger partial charge in [0, 0.05) is 36.5 Å². The molecule has 186 valence electrons. The lowest BCUT2D eigenvalue weighted by molar-refractivity contribution is -0.175. The van der Waals surface area contributed by atoms with Crippen molar-refractivity contribution >= 4 is 23.5 Å². The molecule has 4 aliphatic carbocycles. The maximum atomic E-state index is 13.5. The zero-order chi connectivity index (χ0) is 25.0. The van der Waals surface area contributed by atoms with Crippen molar-refractivity contribution in [3.05, 3.63) is 23.3 Å². The van der Waals surface area contributed by atoms with Crippen molar-refractivity contribution < 1.29 is 28.7 Å². The van der Waals surface area contributed by atoms with Crippen LogP contribution in [0.3, 0.4) is 0 Å². The zero-order valence-electron chi connectivity index (χ0n) is 21.3. The summed E-state index contributed by atoms with van der Waals surface area (Å²) in [6.07, 6.45) is 6.34. The summed E-state index contributed by atoms with van der Waals surface area (Å²) in [4.78, 5) is 49.9. The first-order valence-corrected chi connectivity index (χ1v) is 12.8. The Morgan fingerprint density at radius 2 is 1.85 bits per heavy atom. The van der Waals surface area contributed by atoms with Crippen LogP contribution >= 0.6 is 0 Å². The number of hydrogen-bond acceptors (Lipinski definition) is 6. The summed E-state index contributed by atoms with van der Waals surface area (Å²) in [6, 6.07) is 0. The summed E-state index contributed by atoms with van der Waals surface area (Å²) < 4.78 is 11.4. The van der Waals surface area contributed by atoms with E-state index in [0.29, 0.717) is 12.3 Å². The van der Waals surface area contributed by atoms with Crippen LogP contribution in [-0.4, -0.2) is 35.7 Å². The van der Waals surface area contributed by atoms with E-state index in [-0.39, 0.29) is 47.1 Å². The molecule has 0 aromatic rings. The van der Waals surface area contributed by atoms with Crippen LogP contribution in [0.4, 0.5) is 0 Å². The van der Waals surface area contributed by atoms with Gasteiger partial charge in [0.2, 0.25) is 0 Å². The summed E-state index contributed by atoms with van der Waals surface area (Å²) in [5.41, 5.74) is 1.66. The van der Waals surface area contributed by atoms with E-state index in [1.807, 2.05) is 6.08 Å². The molecule has 0 spiro atoms. The van der Waals surface area contributed by atoms with Crippen molar-refractivity contribution in [2.75, 3.05) is 0 Å². The van der Waals surface area contributed by atoms with Gasteiger partial charge < -0.3 is 9.47 Å². The number of rotatable bonds is 5. The van der Waals surface area contributed by atoms with Crippen LogP contribution in [0.25, 0.3) is 0 Å². The van der Waals surface area contributed by atoms with Gasteiger partial charge in [-0.15, -0.1) is 0 Å². The lowest BCUT2D eigenvalue weighted by Gasteiger charge is -2.58. The molecule has 0 heterocycles. The lowest BCUT2D eigenvalue weighted by atomic mass is 9.46. The Balaban J connectivity index is 1.74. The molecule has 6 nitrogen and oxygen atoms in total. The van der Waals surface area contributed by atoms with Crippen molar-refractivity contribution in [2.45, 2.75) is 92.3 Å². The normalized spacial score (nSPS) is 38.5. The Hall–Kier alpha value is -2.24. The van der Waals surface area contributed by atoms with Gasteiger partial charge in [-0.1, -0.05) is 31.9 Å². The van der Waals surface area contributed by atoms with Gasteiger partial charge >= 0.3 is 11.9 Å². The van der Waals surface area contributed by atoms with E-state index in [9.17, 15) is 19.2 Å². The average molecular weight is 471 g/mol. The molecule has 0 amide bonds. The summed E-state index contributed by atoms with van der Waals surface area (Å²) in [5.74, 6) is -0.0509. The van der Waals surface area contributed by atoms with Crippen molar-refractivity contribution in [1.82, 2.24) is 0 Å². The largest absolute Gasteiger partial charge is 0.459 e. The predicted molar refractivity (Wildman–Crippen MR) is 127 cm³/mol. The Morgan fingerprint density at radius 1 is 1.15 bits per heavy atom. The fraction of sp³-hybridized carbons (Fsp3) is 0.714. The van der Waals surface area contributed by atoms with Crippen molar-refractivity contribution in [1.29, 1.82) is 0 Å². The van der Waals surface area contributed by atoms with E-state index < -0.39 is 23.6 Å². The monoisotopic (exact) mass is 470 g/mol. The zero-order valence-corrected chi connectivity index (χ0v) is 21.3. The van der Waals surface area contributed by atoms with Gasteiger partial charge in [0.05, 0.1) is 0 Å². The number of fused-ring (bicyclic) bond motifs is 5. The smallest absolute Gasteiger partial charge is 0.305 e. The number of esters is 2. The molecule has 0 N–H and O–H groups in total. The van der Waals surface area contributed by atoms with Gasteiger partial charge in [-0.2, -0.15) is 0 Å². The van der Waals surface area contributed by atoms with Gasteiger partial charge in [-0.25, -0.2) is 0 Å². The molecule has 0 bridgehead atoms. The third kappa shape index (κ3) is 3.77. The molecule has 34 heavy (non-hydrogen) atoms. The first-order chi connectivity index (χ1) is 15.9.